The van der Waals surface area contributed by atoms with Crippen molar-refractivity contribution in [1.82, 2.24) is 15.0 Å². The van der Waals surface area contributed by atoms with E-state index in [4.69, 9.17) is 11.6 Å². The molecule has 0 unspecified atom stereocenters. The van der Waals surface area contributed by atoms with E-state index in [2.05, 4.69) is 24.2 Å². The first-order valence-corrected chi connectivity index (χ1v) is 6.24. The summed E-state index contributed by atoms with van der Waals surface area (Å²) in [7, 11) is 0. The van der Waals surface area contributed by atoms with Gasteiger partial charge in [-0.05, 0) is 36.6 Å². The molecule has 0 bridgehead atoms. The number of hydrogen-bond donors (Lipinski definition) is 1. The Balaban J connectivity index is 2.60. The van der Waals surface area contributed by atoms with Crippen molar-refractivity contribution in [3.05, 3.63) is 40.2 Å². The van der Waals surface area contributed by atoms with Gasteiger partial charge in [0.1, 0.15) is 5.69 Å². The Morgan fingerprint density at radius 3 is 2.67 bits per heavy atom. The SMILES string of the molecule is Cc1cc(Cl)ccc1-n1nnc(CO)c1C(C)C. The Labute approximate surface area is 111 Å². The van der Waals surface area contributed by atoms with Crippen molar-refractivity contribution in [3.63, 3.8) is 0 Å². The highest BCUT2D eigenvalue weighted by molar-refractivity contribution is 6.30. The van der Waals surface area contributed by atoms with E-state index in [1.807, 2.05) is 25.1 Å². The van der Waals surface area contributed by atoms with Gasteiger partial charge in [-0.25, -0.2) is 4.68 Å². The third-order valence-electron chi connectivity index (χ3n) is 2.86. The van der Waals surface area contributed by atoms with Gasteiger partial charge in [0.15, 0.2) is 0 Å². The zero-order valence-corrected chi connectivity index (χ0v) is 11.4. The molecular formula is C13H16ClN3O. The van der Waals surface area contributed by atoms with Gasteiger partial charge in [0.05, 0.1) is 18.0 Å². The van der Waals surface area contributed by atoms with Crippen LogP contribution in [0.15, 0.2) is 18.2 Å². The number of aliphatic hydroxyl groups excluding tert-OH is 1. The number of rotatable bonds is 3. The maximum Gasteiger partial charge on any atom is 0.112 e. The molecule has 0 amide bonds. The Morgan fingerprint density at radius 2 is 2.11 bits per heavy atom. The number of benzene rings is 1. The predicted molar refractivity (Wildman–Crippen MR) is 71.1 cm³/mol. The average Bonchev–Trinajstić information content (AvgIpc) is 2.72. The molecule has 18 heavy (non-hydrogen) atoms. The number of hydrogen-bond acceptors (Lipinski definition) is 3. The molecule has 1 N–H and O–H groups in total. The van der Waals surface area contributed by atoms with Gasteiger partial charge in [-0.1, -0.05) is 30.7 Å². The molecule has 0 aliphatic carbocycles. The van der Waals surface area contributed by atoms with Gasteiger partial charge in [-0.2, -0.15) is 0 Å². The van der Waals surface area contributed by atoms with Gasteiger partial charge in [0.2, 0.25) is 0 Å². The lowest BCUT2D eigenvalue weighted by Gasteiger charge is -2.12. The van der Waals surface area contributed by atoms with Crippen molar-refractivity contribution in [3.8, 4) is 5.69 Å². The van der Waals surface area contributed by atoms with Gasteiger partial charge in [-0.15, -0.1) is 5.10 Å². The summed E-state index contributed by atoms with van der Waals surface area (Å²) in [5.74, 6) is 0.234. The van der Waals surface area contributed by atoms with E-state index in [0.29, 0.717) is 10.7 Å². The molecule has 2 aromatic rings. The number of nitrogens with zero attached hydrogens (tertiary/aromatic N) is 3. The van der Waals surface area contributed by atoms with Crippen LogP contribution < -0.4 is 0 Å². The van der Waals surface area contributed by atoms with Crippen molar-refractivity contribution in [1.29, 1.82) is 0 Å². The molecule has 2 rings (SSSR count). The summed E-state index contributed by atoms with van der Waals surface area (Å²) in [6.45, 7) is 5.99. The fourth-order valence-corrected chi connectivity index (χ4v) is 2.27. The van der Waals surface area contributed by atoms with Crippen LogP contribution in [-0.2, 0) is 6.61 Å². The largest absolute Gasteiger partial charge is 0.390 e. The number of halogens is 1. The number of aryl methyl sites for hydroxylation is 1. The van der Waals surface area contributed by atoms with Gasteiger partial charge >= 0.3 is 0 Å². The third-order valence-corrected chi connectivity index (χ3v) is 3.10. The lowest BCUT2D eigenvalue weighted by atomic mass is 10.1. The fraction of sp³-hybridized carbons (Fsp3) is 0.385. The average molecular weight is 266 g/mol. The van der Waals surface area contributed by atoms with Crippen LogP contribution in [0.2, 0.25) is 5.02 Å². The second kappa shape index (κ2) is 5.08. The summed E-state index contributed by atoms with van der Waals surface area (Å²) < 4.78 is 1.78. The summed E-state index contributed by atoms with van der Waals surface area (Å²) in [6.07, 6.45) is 0. The van der Waals surface area contributed by atoms with Crippen LogP contribution in [0.25, 0.3) is 5.69 Å². The lowest BCUT2D eigenvalue weighted by Crippen LogP contribution is -2.07. The molecule has 5 heteroatoms. The van der Waals surface area contributed by atoms with Crippen molar-refractivity contribution in [2.24, 2.45) is 0 Å². The van der Waals surface area contributed by atoms with Crippen LogP contribution in [0, 0.1) is 6.92 Å². The van der Waals surface area contributed by atoms with Crippen molar-refractivity contribution in [2.45, 2.75) is 33.3 Å². The standard InChI is InChI=1S/C13H16ClN3O/c1-8(2)13-11(7-18)15-16-17(13)12-5-4-10(14)6-9(12)3/h4-6,8,18H,7H2,1-3H3. The molecule has 96 valence electrons. The van der Waals surface area contributed by atoms with Crippen LogP contribution in [0.1, 0.15) is 36.7 Å². The maximum absolute atomic E-state index is 9.30. The molecule has 0 atom stereocenters. The van der Waals surface area contributed by atoms with Crippen molar-refractivity contribution >= 4 is 11.6 Å². The normalized spacial score (nSPS) is 11.2. The molecule has 0 spiro atoms. The Bertz CT molecular complexity index is 563. The highest BCUT2D eigenvalue weighted by Crippen LogP contribution is 2.24. The molecule has 0 aliphatic rings. The van der Waals surface area contributed by atoms with Gasteiger partial charge in [0.25, 0.3) is 0 Å². The van der Waals surface area contributed by atoms with Gasteiger partial charge in [0, 0.05) is 5.02 Å². The van der Waals surface area contributed by atoms with Gasteiger partial charge in [-0.3, -0.25) is 0 Å². The number of aliphatic hydroxyl groups is 1. The molecule has 0 radical (unpaired) electrons. The van der Waals surface area contributed by atoms with E-state index < -0.39 is 0 Å². The van der Waals surface area contributed by atoms with E-state index in [1.165, 1.54) is 0 Å². The molecule has 1 aromatic carbocycles. The van der Waals surface area contributed by atoms with Crippen LogP contribution >= 0.6 is 11.6 Å². The molecular weight excluding hydrogens is 250 g/mol. The van der Waals surface area contributed by atoms with Crippen LogP contribution in [0.4, 0.5) is 0 Å². The zero-order valence-electron chi connectivity index (χ0n) is 10.7. The first kappa shape index (κ1) is 13.1. The van der Waals surface area contributed by atoms with E-state index in [-0.39, 0.29) is 12.5 Å². The van der Waals surface area contributed by atoms with E-state index in [9.17, 15) is 5.11 Å². The quantitative estimate of drug-likeness (QED) is 0.928. The van der Waals surface area contributed by atoms with E-state index in [1.54, 1.807) is 4.68 Å². The third kappa shape index (κ3) is 2.26. The van der Waals surface area contributed by atoms with Crippen LogP contribution in [-0.4, -0.2) is 20.1 Å². The fourth-order valence-electron chi connectivity index (χ4n) is 2.05. The molecule has 4 nitrogen and oxygen atoms in total. The van der Waals surface area contributed by atoms with Crippen LogP contribution in [0.3, 0.4) is 0 Å². The monoisotopic (exact) mass is 265 g/mol. The van der Waals surface area contributed by atoms with Crippen LogP contribution in [0.5, 0.6) is 0 Å². The highest BCUT2D eigenvalue weighted by Gasteiger charge is 2.17. The van der Waals surface area contributed by atoms with Crippen molar-refractivity contribution in [2.75, 3.05) is 0 Å². The minimum Gasteiger partial charge on any atom is -0.390 e. The Hall–Kier alpha value is -1.39. The highest BCUT2D eigenvalue weighted by atomic mass is 35.5. The minimum atomic E-state index is -0.0971. The first-order valence-electron chi connectivity index (χ1n) is 5.86. The maximum atomic E-state index is 9.30. The smallest absolute Gasteiger partial charge is 0.112 e. The van der Waals surface area contributed by atoms with Crippen molar-refractivity contribution < 1.29 is 5.11 Å². The second-order valence-electron chi connectivity index (χ2n) is 4.58. The second-order valence-corrected chi connectivity index (χ2v) is 5.01. The summed E-state index contributed by atoms with van der Waals surface area (Å²) in [5.41, 5.74) is 3.52. The van der Waals surface area contributed by atoms with E-state index >= 15 is 0 Å². The topological polar surface area (TPSA) is 50.9 Å². The first-order chi connectivity index (χ1) is 8.54. The molecule has 1 heterocycles. The summed E-state index contributed by atoms with van der Waals surface area (Å²) >= 11 is 5.95. The lowest BCUT2D eigenvalue weighted by molar-refractivity contribution is 0.275. The predicted octanol–water partition coefficient (Wildman–Crippen LogP) is 2.84. The molecule has 1 aromatic heterocycles. The summed E-state index contributed by atoms with van der Waals surface area (Å²) in [5, 5.41) is 18.2. The summed E-state index contributed by atoms with van der Waals surface area (Å²) in [4.78, 5) is 0. The summed E-state index contributed by atoms with van der Waals surface area (Å²) in [6, 6.07) is 5.63. The minimum absolute atomic E-state index is 0.0971. The molecule has 0 saturated heterocycles. The van der Waals surface area contributed by atoms with Gasteiger partial charge < -0.3 is 5.11 Å². The molecule has 0 fully saturated rings. The molecule has 0 aliphatic heterocycles. The molecule has 0 saturated carbocycles. The Kier molecular flexibility index (Phi) is 3.68. The zero-order chi connectivity index (χ0) is 13.3. The Morgan fingerprint density at radius 1 is 1.39 bits per heavy atom. The number of aromatic nitrogens is 3. The van der Waals surface area contributed by atoms with E-state index in [0.717, 1.165) is 16.9 Å².